The smallest absolute Gasteiger partial charge is 0.326 e. The van der Waals surface area contributed by atoms with Crippen LogP contribution in [0.1, 0.15) is 19.8 Å². The van der Waals surface area contributed by atoms with Crippen LogP contribution in [-0.2, 0) is 28.8 Å². The van der Waals surface area contributed by atoms with Crippen molar-refractivity contribution in [2.75, 3.05) is 6.54 Å². The molecule has 11 nitrogen and oxygen atoms in total. The Morgan fingerprint density at radius 2 is 1.88 bits per heavy atom. The predicted molar refractivity (Wildman–Crippen MR) is 75.3 cm³/mol. The van der Waals surface area contributed by atoms with Crippen molar-refractivity contribution in [3.05, 3.63) is 0 Å². The Morgan fingerprint density at radius 3 is 2.33 bits per heavy atom. The highest BCUT2D eigenvalue weighted by atomic mass is 16.4. The first-order chi connectivity index (χ1) is 11.1. The topological polar surface area (TPSA) is 184 Å². The van der Waals surface area contributed by atoms with Gasteiger partial charge in [-0.2, -0.15) is 0 Å². The van der Waals surface area contributed by atoms with Gasteiger partial charge in [-0.05, 0) is 6.92 Å². The van der Waals surface area contributed by atoms with E-state index >= 15 is 0 Å². The summed E-state index contributed by atoms with van der Waals surface area (Å²) in [6.07, 6.45) is -1.37. The number of nitrogens with two attached hydrogens (primary N) is 1. The van der Waals surface area contributed by atoms with Crippen molar-refractivity contribution in [2.24, 2.45) is 11.7 Å². The quantitative estimate of drug-likeness (QED) is 0.269. The van der Waals surface area contributed by atoms with Crippen LogP contribution < -0.4 is 11.1 Å². The van der Waals surface area contributed by atoms with Gasteiger partial charge in [-0.15, -0.1) is 0 Å². The minimum Gasteiger partial charge on any atom is -0.481 e. The average Bonchev–Trinajstić information content (AvgIpc) is 2.79. The number of hydrogen-bond donors (Lipinski definition) is 4. The van der Waals surface area contributed by atoms with Gasteiger partial charge in [0.2, 0.25) is 17.7 Å². The number of nitrogens with one attached hydrogen (secondary N) is 1. The van der Waals surface area contributed by atoms with Crippen LogP contribution in [-0.4, -0.2) is 69.2 Å². The van der Waals surface area contributed by atoms with Gasteiger partial charge in [0.15, 0.2) is 5.78 Å². The molecule has 5 N–H and O–H groups in total. The van der Waals surface area contributed by atoms with Crippen LogP contribution >= 0.6 is 0 Å². The van der Waals surface area contributed by atoms with E-state index < -0.39 is 72.8 Å². The summed E-state index contributed by atoms with van der Waals surface area (Å²) in [5.74, 6) is -8.03. The predicted octanol–water partition coefficient (Wildman–Crippen LogP) is -2.68. The van der Waals surface area contributed by atoms with Crippen LogP contribution in [0.4, 0.5) is 0 Å². The Morgan fingerprint density at radius 1 is 1.29 bits per heavy atom. The molecule has 1 aliphatic rings. The number of carboxylic acid groups (broad SMARTS) is 2. The summed E-state index contributed by atoms with van der Waals surface area (Å²) in [5.41, 5.74) is 5.08. The fourth-order valence-electron chi connectivity index (χ4n) is 2.28. The monoisotopic (exact) mass is 343 g/mol. The highest BCUT2D eigenvalue weighted by molar-refractivity contribution is 6.17. The fourth-order valence-corrected chi connectivity index (χ4v) is 2.28. The minimum absolute atomic E-state index is 0.452. The average molecular weight is 343 g/mol. The summed E-state index contributed by atoms with van der Waals surface area (Å²) in [6.45, 7) is 0.610. The van der Waals surface area contributed by atoms with Gasteiger partial charge in [-0.25, -0.2) is 4.79 Å². The van der Waals surface area contributed by atoms with Crippen molar-refractivity contribution in [3.63, 3.8) is 0 Å². The van der Waals surface area contributed by atoms with Crippen molar-refractivity contribution >= 4 is 35.4 Å². The van der Waals surface area contributed by atoms with Gasteiger partial charge in [0, 0.05) is 6.42 Å². The maximum atomic E-state index is 12.4. The van der Waals surface area contributed by atoms with Gasteiger partial charge >= 0.3 is 11.9 Å². The fraction of sp³-hybridized carbons (Fsp3) is 0.538. The first-order valence-electron chi connectivity index (χ1n) is 6.93. The number of hydrogen-bond acceptors (Lipinski definition) is 7. The summed E-state index contributed by atoms with van der Waals surface area (Å²) >= 11 is 0. The largest absolute Gasteiger partial charge is 0.481 e. The van der Waals surface area contributed by atoms with E-state index in [-0.39, 0.29) is 0 Å². The molecule has 132 valence electrons. The van der Waals surface area contributed by atoms with Gasteiger partial charge in [-0.3, -0.25) is 28.9 Å². The molecule has 3 amide bonds. The second-order valence-corrected chi connectivity index (χ2v) is 5.20. The second kappa shape index (κ2) is 7.64. The lowest BCUT2D eigenvalue weighted by atomic mass is 9.94. The van der Waals surface area contributed by atoms with Crippen LogP contribution in [0.25, 0.3) is 0 Å². The Balaban J connectivity index is 3.00. The molecule has 0 saturated carbocycles. The third kappa shape index (κ3) is 4.13. The number of Topliss-reactive ketones (excluding diaryl/α,β-unsaturated/α-hetero) is 1. The lowest BCUT2D eigenvalue weighted by molar-refractivity contribution is -0.154. The Labute approximate surface area is 135 Å². The standard InChI is InChI=1S/C13H17N3O8/c1-5(13(23)24)16-9(18)2-6(12(16)22)11(21)7(3-10(19)20)15-8(17)4-14/h5-7H,2-4,14H2,1H3,(H,15,17)(H,19,20)(H,23,24)/t5-,6+,7-/m0/s1. The van der Waals surface area contributed by atoms with E-state index in [9.17, 15) is 28.8 Å². The SMILES string of the molecule is C[C@@H](C(=O)O)N1C(=O)C[C@H](C(=O)[C@H](CC(=O)O)NC(=O)CN)C1=O. The maximum Gasteiger partial charge on any atom is 0.326 e. The van der Waals surface area contributed by atoms with Crippen molar-refractivity contribution in [3.8, 4) is 0 Å². The molecule has 3 atom stereocenters. The van der Waals surface area contributed by atoms with Crippen molar-refractivity contribution in [2.45, 2.75) is 31.8 Å². The minimum atomic E-state index is -1.54. The third-order valence-corrected chi connectivity index (χ3v) is 3.51. The molecule has 0 radical (unpaired) electrons. The van der Waals surface area contributed by atoms with Gasteiger partial charge in [0.05, 0.1) is 19.0 Å². The van der Waals surface area contributed by atoms with Gasteiger partial charge < -0.3 is 21.3 Å². The molecule has 1 fully saturated rings. The normalized spacial score (nSPS) is 19.8. The van der Waals surface area contributed by atoms with Crippen LogP contribution in [0.2, 0.25) is 0 Å². The number of carbonyl (C=O) groups is 6. The number of imide groups is 1. The molecule has 0 aromatic carbocycles. The maximum absolute atomic E-state index is 12.4. The van der Waals surface area contributed by atoms with Crippen LogP contribution in [0, 0.1) is 5.92 Å². The number of likely N-dealkylation sites (tertiary alicyclic amines) is 1. The van der Waals surface area contributed by atoms with Crippen molar-refractivity contribution in [1.82, 2.24) is 10.2 Å². The number of carbonyl (C=O) groups excluding carboxylic acids is 4. The van der Waals surface area contributed by atoms with Crippen LogP contribution in [0.3, 0.4) is 0 Å². The lowest BCUT2D eigenvalue weighted by Crippen LogP contribution is -2.49. The molecule has 0 unspecified atom stereocenters. The van der Waals surface area contributed by atoms with Crippen LogP contribution in [0.15, 0.2) is 0 Å². The van der Waals surface area contributed by atoms with Gasteiger partial charge in [-0.1, -0.05) is 0 Å². The molecule has 0 aromatic rings. The third-order valence-electron chi connectivity index (χ3n) is 3.51. The molecular weight excluding hydrogens is 326 g/mol. The zero-order valence-electron chi connectivity index (χ0n) is 12.7. The van der Waals surface area contributed by atoms with E-state index in [4.69, 9.17) is 15.9 Å². The number of aliphatic carboxylic acids is 2. The molecule has 1 rings (SSSR count). The zero-order valence-corrected chi connectivity index (χ0v) is 12.7. The molecule has 1 heterocycles. The molecule has 0 spiro atoms. The molecule has 0 bridgehead atoms. The lowest BCUT2D eigenvalue weighted by Gasteiger charge is -2.21. The van der Waals surface area contributed by atoms with E-state index in [0.717, 1.165) is 6.92 Å². The van der Waals surface area contributed by atoms with E-state index in [2.05, 4.69) is 5.32 Å². The van der Waals surface area contributed by atoms with E-state index in [1.165, 1.54) is 0 Å². The Hall–Kier alpha value is -2.82. The molecule has 1 saturated heterocycles. The Kier molecular flexibility index (Phi) is 6.12. The number of nitrogens with zero attached hydrogens (tertiary/aromatic N) is 1. The van der Waals surface area contributed by atoms with Gasteiger partial charge in [0.25, 0.3) is 0 Å². The van der Waals surface area contributed by atoms with E-state index in [0.29, 0.717) is 4.90 Å². The van der Waals surface area contributed by atoms with Crippen molar-refractivity contribution in [1.29, 1.82) is 0 Å². The highest BCUT2D eigenvalue weighted by Gasteiger charge is 2.48. The summed E-state index contributed by atoms with van der Waals surface area (Å²) < 4.78 is 0. The van der Waals surface area contributed by atoms with E-state index in [1.807, 2.05) is 0 Å². The molecule has 0 aliphatic carbocycles. The first-order valence-corrected chi connectivity index (χ1v) is 6.93. The molecule has 1 aliphatic heterocycles. The molecule has 11 heteroatoms. The summed E-state index contributed by atoms with van der Waals surface area (Å²) in [6, 6.07) is -3.00. The summed E-state index contributed by atoms with van der Waals surface area (Å²) in [4.78, 5) is 69.9. The van der Waals surface area contributed by atoms with Crippen molar-refractivity contribution < 1.29 is 39.0 Å². The van der Waals surface area contributed by atoms with Crippen LogP contribution in [0.5, 0.6) is 0 Å². The summed E-state index contributed by atoms with van der Waals surface area (Å²) in [5, 5.41) is 19.8. The van der Waals surface area contributed by atoms with E-state index in [1.54, 1.807) is 0 Å². The number of amides is 3. The molecular formula is C13H17N3O8. The number of carboxylic acids is 2. The Bertz CT molecular complexity index is 602. The number of ketones is 1. The number of rotatable bonds is 8. The summed E-state index contributed by atoms with van der Waals surface area (Å²) in [7, 11) is 0. The molecule has 24 heavy (non-hydrogen) atoms. The first kappa shape index (κ1) is 19.2. The second-order valence-electron chi connectivity index (χ2n) is 5.20. The zero-order chi connectivity index (χ0) is 18.6. The van der Waals surface area contributed by atoms with Gasteiger partial charge in [0.1, 0.15) is 12.0 Å². The highest BCUT2D eigenvalue weighted by Crippen LogP contribution is 2.24. The molecule has 0 aromatic heterocycles.